The number of alkyl halides is 3. The summed E-state index contributed by atoms with van der Waals surface area (Å²) in [6.07, 6.45) is -3.41. The summed E-state index contributed by atoms with van der Waals surface area (Å²) in [5.74, 6) is 0.0996. The average molecular weight is 275 g/mol. The monoisotopic (exact) mass is 275 g/mol. The van der Waals surface area contributed by atoms with Crippen LogP contribution in [0.1, 0.15) is 24.0 Å². The molecule has 0 aliphatic rings. The van der Waals surface area contributed by atoms with E-state index in [-0.39, 0.29) is 5.84 Å². The van der Waals surface area contributed by atoms with Crippen molar-refractivity contribution in [3.05, 3.63) is 29.3 Å². The molecule has 19 heavy (non-hydrogen) atoms. The molecule has 0 bridgehead atoms. The smallest absolute Gasteiger partial charge is 0.409 e. The van der Waals surface area contributed by atoms with Crippen LogP contribution in [-0.2, 0) is 6.18 Å². The van der Waals surface area contributed by atoms with E-state index in [1.807, 2.05) is 0 Å². The normalized spacial score (nSPS) is 12.5. The molecule has 0 atom stereocenters. The topological polar surface area (TPSA) is 70.6 Å². The zero-order valence-electron chi connectivity index (χ0n) is 10.5. The van der Waals surface area contributed by atoms with E-state index in [9.17, 15) is 13.2 Å². The van der Waals surface area contributed by atoms with Gasteiger partial charge in [0.25, 0.3) is 0 Å². The number of anilines is 1. The van der Waals surface area contributed by atoms with E-state index >= 15 is 0 Å². The van der Waals surface area contributed by atoms with Crippen LogP contribution in [0.15, 0.2) is 23.4 Å². The Hall–Kier alpha value is -1.92. The number of nitrogens with zero attached hydrogens (tertiary/aromatic N) is 1. The molecule has 0 aliphatic heterocycles. The molecular formula is C12H16F3N3O. The van der Waals surface area contributed by atoms with Gasteiger partial charge >= 0.3 is 6.18 Å². The number of amidine groups is 1. The van der Waals surface area contributed by atoms with Gasteiger partial charge in [-0.05, 0) is 31.0 Å². The second-order valence-electron chi connectivity index (χ2n) is 4.15. The third-order valence-electron chi connectivity index (χ3n) is 2.62. The van der Waals surface area contributed by atoms with Crippen LogP contribution in [0.25, 0.3) is 0 Å². The van der Waals surface area contributed by atoms with Gasteiger partial charge in [0.2, 0.25) is 0 Å². The first kappa shape index (κ1) is 15.1. The van der Waals surface area contributed by atoms with Gasteiger partial charge in [-0.3, -0.25) is 0 Å². The first-order valence-corrected chi connectivity index (χ1v) is 5.72. The summed E-state index contributed by atoms with van der Waals surface area (Å²) in [6.45, 7) is 2.17. The van der Waals surface area contributed by atoms with E-state index in [4.69, 9.17) is 10.9 Å². The van der Waals surface area contributed by atoms with Crippen molar-refractivity contribution in [2.75, 3.05) is 11.9 Å². The Morgan fingerprint density at radius 3 is 2.68 bits per heavy atom. The van der Waals surface area contributed by atoms with Crippen molar-refractivity contribution in [3.63, 3.8) is 0 Å². The summed E-state index contributed by atoms with van der Waals surface area (Å²) in [6, 6.07) is 3.56. The van der Waals surface area contributed by atoms with Crippen LogP contribution in [0.2, 0.25) is 0 Å². The van der Waals surface area contributed by atoms with Crippen molar-refractivity contribution in [1.82, 2.24) is 0 Å². The molecule has 0 saturated carbocycles. The van der Waals surface area contributed by atoms with Gasteiger partial charge in [0.1, 0.15) is 5.84 Å². The van der Waals surface area contributed by atoms with E-state index in [1.165, 1.54) is 6.07 Å². The number of benzene rings is 1. The fourth-order valence-electron chi connectivity index (χ4n) is 1.53. The minimum absolute atomic E-state index is 0.0996. The van der Waals surface area contributed by atoms with Gasteiger partial charge in [-0.1, -0.05) is 11.2 Å². The number of hydrogen-bond acceptors (Lipinski definition) is 3. The van der Waals surface area contributed by atoms with E-state index in [2.05, 4.69) is 10.5 Å². The number of oxime groups is 1. The fourth-order valence-corrected chi connectivity index (χ4v) is 1.53. The van der Waals surface area contributed by atoms with Crippen LogP contribution >= 0.6 is 0 Å². The van der Waals surface area contributed by atoms with Crippen LogP contribution in [-0.4, -0.2) is 17.6 Å². The molecule has 0 radical (unpaired) electrons. The fraction of sp³-hybridized carbons (Fsp3) is 0.417. The maximum absolute atomic E-state index is 12.6. The average Bonchev–Trinajstić information content (AvgIpc) is 2.34. The molecule has 0 aromatic heterocycles. The standard InChI is InChI=1S/C12H16F3N3O/c1-8-4-5-9(12(13,14)15)7-10(8)17-6-2-3-11(16)18-19/h4-5,7,17,19H,2-3,6H2,1H3,(H2,16,18). The van der Waals surface area contributed by atoms with Crippen LogP contribution in [0.5, 0.6) is 0 Å². The molecule has 7 heteroatoms. The van der Waals surface area contributed by atoms with Crippen molar-refractivity contribution in [1.29, 1.82) is 0 Å². The third kappa shape index (κ3) is 4.69. The van der Waals surface area contributed by atoms with E-state index < -0.39 is 11.7 Å². The number of nitrogens with one attached hydrogen (secondary N) is 1. The van der Waals surface area contributed by atoms with Crippen molar-refractivity contribution >= 4 is 11.5 Å². The predicted octanol–water partition coefficient (Wildman–Crippen LogP) is 2.95. The van der Waals surface area contributed by atoms with Gasteiger partial charge in [-0.25, -0.2) is 0 Å². The van der Waals surface area contributed by atoms with Crippen molar-refractivity contribution < 1.29 is 18.4 Å². The van der Waals surface area contributed by atoms with E-state index in [1.54, 1.807) is 6.92 Å². The number of rotatable bonds is 5. The Labute approximate surface area is 109 Å². The van der Waals surface area contributed by atoms with E-state index in [0.717, 1.165) is 17.7 Å². The molecule has 0 fully saturated rings. The highest BCUT2D eigenvalue weighted by atomic mass is 19.4. The number of halogens is 3. The molecule has 106 valence electrons. The summed E-state index contributed by atoms with van der Waals surface area (Å²) >= 11 is 0. The highest BCUT2D eigenvalue weighted by Crippen LogP contribution is 2.31. The van der Waals surface area contributed by atoms with Crippen LogP contribution in [0, 0.1) is 6.92 Å². The maximum atomic E-state index is 12.6. The molecular weight excluding hydrogens is 259 g/mol. The zero-order chi connectivity index (χ0) is 14.5. The summed E-state index contributed by atoms with van der Waals surface area (Å²) in [5, 5.41) is 14.1. The lowest BCUT2D eigenvalue weighted by molar-refractivity contribution is -0.137. The quantitative estimate of drug-likeness (QED) is 0.254. The molecule has 0 unspecified atom stereocenters. The van der Waals surface area contributed by atoms with Gasteiger partial charge in [0.05, 0.1) is 5.56 Å². The van der Waals surface area contributed by atoms with Crippen molar-refractivity contribution in [3.8, 4) is 0 Å². The van der Waals surface area contributed by atoms with Crippen molar-refractivity contribution in [2.45, 2.75) is 25.9 Å². The molecule has 1 aromatic carbocycles. The Morgan fingerprint density at radius 2 is 2.11 bits per heavy atom. The second kappa shape index (κ2) is 6.31. The molecule has 0 saturated heterocycles. The summed E-state index contributed by atoms with van der Waals surface area (Å²) in [4.78, 5) is 0. The predicted molar refractivity (Wildman–Crippen MR) is 67.3 cm³/mol. The summed E-state index contributed by atoms with van der Waals surface area (Å²) < 4.78 is 37.7. The van der Waals surface area contributed by atoms with Gasteiger partial charge in [-0.15, -0.1) is 0 Å². The molecule has 0 aliphatic carbocycles. The highest BCUT2D eigenvalue weighted by molar-refractivity contribution is 5.79. The van der Waals surface area contributed by atoms with Gasteiger partial charge in [0, 0.05) is 18.7 Å². The number of aryl methyl sites for hydroxylation is 1. The van der Waals surface area contributed by atoms with Gasteiger partial charge in [-0.2, -0.15) is 13.2 Å². The Kier molecular flexibility index (Phi) is 5.02. The largest absolute Gasteiger partial charge is 0.416 e. The highest BCUT2D eigenvalue weighted by Gasteiger charge is 2.30. The van der Waals surface area contributed by atoms with Crippen LogP contribution < -0.4 is 11.1 Å². The summed E-state index contributed by atoms with van der Waals surface area (Å²) in [5.41, 5.74) is 5.78. The van der Waals surface area contributed by atoms with Crippen LogP contribution in [0.3, 0.4) is 0 Å². The molecule has 1 rings (SSSR count). The lowest BCUT2D eigenvalue weighted by atomic mass is 10.1. The zero-order valence-corrected chi connectivity index (χ0v) is 10.5. The van der Waals surface area contributed by atoms with Gasteiger partial charge < -0.3 is 16.3 Å². The first-order chi connectivity index (χ1) is 8.84. The SMILES string of the molecule is Cc1ccc(C(F)(F)F)cc1NCCCC(N)=NO. The number of nitrogens with two attached hydrogens (primary N) is 1. The second-order valence-corrected chi connectivity index (χ2v) is 4.15. The molecule has 0 spiro atoms. The molecule has 4 N–H and O–H groups in total. The molecule has 4 nitrogen and oxygen atoms in total. The molecule has 0 amide bonds. The minimum atomic E-state index is -4.35. The Bertz CT molecular complexity index is 458. The maximum Gasteiger partial charge on any atom is 0.416 e. The van der Waals surface area contributed by atoms with E-state index in [0.29, 0.717) is 25.1 Å². The van der Waals surface area contributed by atoms with Crippen LogP contribution in [0.4, 0.5) is 18.9 Å². The lowest BCUT2D eigenvalue weighted by Gasteiger charge is -2.13. The lowest BCUT2D eigenvalue weighted by Crippen LogP contribution is -2.14. The van der Waals surface area contributed by atoms with Gasteiger partial charge in [0.15, 0.2) is 0 Å². The third-order valence-corrected chi connectivity index (χ3v) is 2.62. The number of hydrogen-bond donors (Lipinski definition) is 3. The first-order valence-electron chi connectivity index (χ1n) is 5.72. The molecule has 0 heterocycles. The Balaban J connectivity index is 2.63. The Morgan fingerprint density at radius 1 is 1.42 bits per heavy atom. The summed E-state index contributed by atoms with van der Waals surface area (Å²) in [7, 11) is 0. The molecule has 1 aromatic rings. The van der Waals surface area contributed by atoms with Crippen molar-refractivity contribution in [2.24, 2.45) is 10.9 Å². The minimum Gasteiger partial charge on any atom is -0.409 e.